The maximum absolute atomic E-state index is 9.24. The van der Waals surface area contributed by atoms with Crippen LogP contribution in [0.15, 0.2) is 24.3 Å². The minimum atomic E-state index is -0.0907. The molecule has 0 saturated heterocycles. The van der Waals surface area contributed by atoms with Gasteiger partial charge in [0.15, 0.2) is 0 Å². The number of rotatable bonds is 3. The molecule has 1 aromatic rings. The first-order chi connectivity index (χ1) is 8.33. The Bertz CT molecular complexity index is 388. The van der Waals surface area contributed by atoms with Crippen LogP contribution in [0.1, 0.15) is 30.1 Å². The zero-order valence-electron chi connectivity index (χ0n) is 9.93. The van der Waals surface area contributed by atoms with E-state index in [9.17, 15) is 5.11 Å². The average Bonchev–Trinajstić information content (AvgIpc) is 2.33. The third-order valence-corrected chi connectivity index (χ3v) is 3.80. The fraction of sp³-hybridized carbons (Fsp3) is 0.571. The second-order valence-corrected chi connectivity index (χ2v) is 5.04. The van der Waals surface area contributed by atoms with E-state index in [1.807, 2.05) is 0 Å². The summed E-state index contributed by atoms with van der Waals surface area (Å²) in [5, 5.41) is 12.7. The van der Waals surface area contributed by atoms with Crippen molar-refractivity contribution < 1.29 is 9.84 Å². The lowest BCUT2D eigenvalue weighted by molar-refractivity contribution is 0.0235. The van der Waals surface area contributed by atoms with Gasteiger partial charge < -0.3 is 15.2 Å². The van der Waals surface area contributed by atoms with E-state index in [2.05, 4.69) is 29.6 Å². The normalized spacial score (nSPS) is 31.7. The van der Waals surface area contributed by atoms with Gasteiger partial charge in [-0.1, -0.05) is 24.3 Å². The number of hydrogen-bond donors (Lipinski definition) is 2. The van der Waals surface area contributed by atoms with E-state index in [0.29, 0.717) is 6.04 Å². The van der Waals surface area contributed by atoms with E-state index < -0.39 is 0 Å². The highest BCUT2D eigenvalue weighted by Crippen LogP contribution is 2.27. The Balaban J connectivity index is 1.61. The fourth-order valence-corrected chi connectivity index (χ4v) is 2.67. The Morgan fingerprint density at radius 1 is 1.29 bits per heavy atom. The molecule has 3 nitrogen and oxygen atoms in total. The Morgan fingerprint density at radius 3 is 2.94 bits per heavy atom. The third-order valence-electron chi connectivity index (χ3n) is 3.80. The highest BCUT2D eigenvalue weighted by atomic mass is 16.5. The quantitative estimate of drug-likeness (QED) is 0.829. The smallest absolute Gasteiger partial charge is 0.0952 e. The van der Waals surface area contributed by atoms with Crippen molar-refractivity contribution >= 4 is 0 Å². The monoisotopic (exact) mass is 233 g/mol. The fourth-order valence-electron chi connectivity index (χ4n) is 2.67. The van der Waals surface area contributed by atoms with Crippen LogP contribution in [0.4, 0.5) is 0 Å². The number of nitrogens with one attached hydrogen (secondary N) is 1. The van der Waals surface area contributed by atoms with Crippen LogP contribution in [0.5, 0.6) is 0 Å². The Kier molecular flexibility index (Phi) is 3.14. The molecule has 1 saturated carbocycles. The molecule has 1 heterocycles. The van der Waals surface area contributed by atoms with Gasteiger partial charge in [0, 0.05) is 12.6 Å². The van der Waals surface area contributed by atoms with Gasteiger partial charge in [0.25, 0.3) is 0 Å². The molecule has 1 aromatic carbocycles. The second-order valence-electron chi connectivity index (χ2n) is 5.04. The van der Waals surface area contributed by atoms with E-state index in [1.54, 1.807) is 0 Å². The van der Waals surface area contributed by atoms with Crippen molar-refractivity contribution in [3.63, 3.8) is 0 Å². The van der Waals surface area contributed by atoms with Gasteiger partial charge in [-0.15, -0.1) is 0 Å². The molecular formula is C14H19NO2. The molecule has 1 unspecified atom stereocenters. The van der Waals surface area contributed by atoms with Gasteiger partial charge in [-0.2, -0.15) is 0 Å². The van der Waals surface area contributed by atoms with Crippen molar-refractivity contribution in [2.75, 3.05) is 13.2 Å². The van der Waals surface area contributed by atoms with E-state index in [1.165, 1.54) is 11.1 Å². The van der Waals surface area contributed by atoms with E-state index in [-0.39, 0.29) is 12.2 Å². The molecule has 1 fully saturated rings. The van der Waals surface area contributed by atoms with Crippen molar-refractivity contribution in [2.24, 2.45) is 0 Å². The lowest BCUT2D eigenvalue weighted by Gasteiger charge is -2.34. The van der Waals surface area contributed by atoms with Gasteiger partial charge >= 0.3 is 0 Å². The standard InChI is InChI=1S/C14H19NO2/c16-12-7-11(8-12)15-9-14-13-4-2-1-3-10(13)5-6-17-14/h1-4,11-12,14-16H,5-9H2. The minimum absolute atomic E-state index is 0.0907. The number of hydrogen-bond acceptors (Lipinski definition) is 3. The molecule has 17 heavy (non-hydrogen) atoms. The predicted molar refractivity (Wildman–Crippen MR) is 65.9 cm³/mol. The number of fused-ring (bicyclic) bond motifs is 1. The third kappa shape index (κ3) is 2.37. The lowest BCUT2D eigenvalue weighted by atomic mass is 9.89. The van der Waals surface area contributed by atoms with E-state index in [4.69, 9.17) is 4.74 Å². The lowest BCUT2D eigenvalue weighted by Crippen LogP contribution is -2.46. The van der Waals surface area contributed by atoms with Crippen molar-refractivity contribution in [3.8, 4) is 0 Å². The second kappa shape index (κ2) is 4.77. The van der Waals surface area contributed by atoms with Crippen LogP contribution in [0, 0.1) is 0 Å². The van der Waals surface area contributed by atoms with Crippen molar-refractivity contribution in [2.45, 2.75) is 37.5 Å². The van der Waals surface area contributed by atoms with Gasteiger partial charge in [0.05, 0.1) is 18.8 Å². The Labute approximate surface area is 102 Å². The maximum Gasteiger partial charge on any atom is 0.0952 e. The molecule has 0 aromatic heterocycles. The molecule has 0 bridgehead atoms. The summed E-state index contributed by atoms with van der Waals surface area (Å²) in [4.78, 5) is 0. The molecule has 92 valence electrons. The van der Waals surface area contributed by atoms with Crippen LogP contribution in [0.3, 0.4) is 0 Å². The highest BCUT2D eigenvalue weighted by Gasteiger charge is 2.28. The summed E-state index contributed by atoms with van der Waals surface area (Å²) in [5.74, 6) is 0. The molecule has 0 spiro atoms. The van der Waals surface area contributed by atoms with Crippen LogP contribution in [-0.2, 0) is 11.2 Å². The van der Waals surface area contributed by atoms with Crippen LogP contribution >= 0.6 is 0 Å². The first-order valence-electron chi connectivity index (χ1n) is 6.44. The summed E-state index contributed by atoms with van der Waals surface area (Å²) >= 11 is 0. The van der Waals surface area contributed by atoms with Crippen molar-refractivity contribution in [3.05, 3.63) is 35.4 Å². The number of aliphatic hydroxyl groups excluding tert-OH is 1. The summed E-state index contributed by atoms with van der Waals surface area (Å²) in [5.41, 5.74) is 2.74. The van der Waals surface area contributed by atoms with E-state index in [0.717, 1.165) is 32.4 Å². The molecule has 1 atom stereocenters. The zero-order chi connectivity index (χ0) is 11.7. The SMILES string of the molecule is OC1CC(NCC2OCCc3ccccc32)C1. The minimum Gasteiger partial charge on any atom is -0.393 e. The first-order valence-corrected chi connectivity index (χ1v) is 6.44. The summed E-state index contributed by atoms with van der Waals surface area (Å²) in [6.07, 6.45) is 2.88. The molecule has 0 amide bonds. The van der Waals surface area contributed by atoms with Crippen LogP contribution in [-0.4, -0.2) is 30.4 Å². The Hall–Kier alpha value is -0.900. The predicted octanol–water partition coefficient (Wildman–Crippen LogP) is 1.41. The van der Waals surface area contributed by atoms with Crippen LogP contribution in [0.25, 0.3) is 0 Å². The maximum atomic E-state index is 9.24. The van der Waals surface area contributed by atoms with Crippen molar-refractivity contribution in [1.82, 2.24) is 5.32 Å². The number of aliphatic hydroxyl groups is 1. The van der Waals surface area contributed by atoms with E-state index >= 15 is 0 Å². The molecule has 2 aliphatic rings. The van der Waals surface area contributed by atoms with Crippen LogP contribution in [0.2, 0.25) is 0 Å². The largest absolute Gasteiger partial charge is 0.393 e. The molecule has 1 aliphatic heterocycles. The summed E-state index contributed by atoms with van der Waals surface area (Å²) < 4.78 is 5.83. The molecule has 2 N–H and O–H groups in total. The molecule has 3 heteroatoms. The molecule has 0 radical (unpaired) electrons. The van der Waals surface area contributed by atoms with Gasteiger partial charge in [-0.05, 0) is 30.4 Å². The highest BCUT2D eigenvalue weighted by molar-refractivity contribution is 5.31. The number of benzene rings is 1. The molecule has 1 aliphatic carbocycles. The zero-order valence-corrected chi connectivity index (χ0v) is 9.93. The van der Waals surface area contributed by atoms with Gasteiger partial charge in [0.1, 0.15) is 0 Å². The van der Waals surface area contributed by atoms with Gasteiger partial charge in [-0.25, -0.2) is 0 Å². The topological polar surface area (TPSA) is 41.5 Å². The first kappa shape index (κ1) is 11.2. The van der Waals surface area contributed by atoms with Crippen molar-refractivity contribution in [1.29, 1.82) is 0 Å². The molecule has 3 rings (SSSR count). The Morgan fingerprint density at radius 2 is 2.12 bits per heavy atom. The summed E-state index contributed by atoms with van der Waals surface area (Å²) in [6, 6.07) is 9.00. The summed E-state index contributed by atoms with van der Waals surface area (Å²) in [6.45, 7) is 1.67. The van der Waals surface area contributed by atoms with Gasteiger partial charge in [-0.3, -0.25) is 0 Å². The van der Waals surface area contributed by atoms with Crippen LogP contribution < -0.4 is 5.32 Å². The van der Waals surface area contributed by atoms with Gasteiger partial charge in [0.2, 0.25) is 0 Å². The average molecular weight is 233 g/mol. The molecular weight excluding hydrogens is 214 g/mol. The number of ether oxygens (including phenoxy) is 1. The summed E-state index contributed by atoms with van der Waals surface area (Å²) in [7, 11) is 0.